The highest BCUT2D eigenvalue weighted by atomic mass is 32.2. The molecule has 0 heterocycles. The lowest BCUT2D eigenvalue weighted by molar-refractivity contribution is 0.0569. The molecule has 0 spiro atoms. The molecule has 1 aromatic carbocycles. The van der Waals surface area contributed by atoms with Gasteiger partial charge in [0.2, 0.25) is 0 Å². The summed E-state index contributed by atoms with van der Waals surface area (Å²) in [5, 5.41) is 0. The molecule has 1 aliphatic rings. The van der Waals surface area contributed by atoms with Gasteiger partial charge in [0.25, 0.3) is 0 Å². The summed E-state index contributed by atoms with van der Waals surface area (Å²) in [6, 6.07) is -0.0125. The predicted octanol–water partition coefficient (Wildman–Crippen LogP) is 2.26. The van der Waals surface area contributed by atoms with E-state index in [1.807, 2.05) is 4.72 Å². The molecule has 6 nitrogen and oxygen atoms in total. The Morgan fingerprint density at radius 2 is 1.83 bits per heavy atom. The van der Waals surface area contributed by atoms with Crippen LogP contribution < -0.4 is 9.44 Å². The number of alkyl halides is 1. The molecule has 0 saturated carbocycles. The van der Waals surface area contributed by atoms with Crippen LogP contribution in [0.15, 0.2) is 12.1 Å². The van der Waals surface area contributed by atoms with E-state index >= 15 is 0 Å². The first-order chi connectivity index (χ1) is 10.9. The SMILES string of the molecule is CC(C)(C)OC(=O)NS(=O)(=O)NC1c2c(F)ccc(F)c2CC1F. The van der Waals surface area contributed by atoms with Gasteiger partial charge >= 0.3 is 16.3 Å². The van der Waals surface area contributed by atoms with E-state index in [1.165, 1.54) is 20.8 Å². The van der Waals surface area contributed by atoms with E-state index in [0.717, 1.165) is 12.1 Å². The van der Waals surface area contributed by atoms with Gasteiger partial charge in [0.15, 0.2) is 0 Å². The normalized spacial score (nSPS) is 20.6. The van der Waals surface area contributed by atoms with Crippen molar-refractivity contribution in [3.63, 3.8) is 0 Å². The summed E-state index contributed by atoms with van der Waals surface area (Å²) in [4.78, 5) is 11.5. The molecule has 0 bridgehead atoms. The summed E-state index contributed by atoms with van der Waals surface area (Å²) in [6.07, 6.45) is -3.62. The zero-order valence-corrected chi connectivity index (χ0v) is 14.0. The number of benzene rings is 1. The third-order valence-electron chi connectivity index (χ3n) is 3.22. The monoisotopic (exact) mass is 366 g/mol. The molecule has 0 saturated heterocycles. The van der Waals surface area contributed by atoms with Crippen LogP contribution in [-0.4, -0.2) is 26.3 Å². The van der Waals surface area contributed by atoms with Crippen molar-refractivity contribution >= 4 is 16.3 Å². The first-order valence-corrected chi connectivity index (χ1v) is 8.52. The van der Waals surface area contributed by atoms with Gasteiger partial charge < -0.3 is 4.74 Å². The minimum atomic E-state index is -4.55. The highest BCUT2D eigenvalue weighted by Crippen LogP contribution is 2.37. The third kappa shape index (κ3) is 4.18. The van der Waals surface area contributed by atoms with Gasteiger partial charge in [0.05, 0.1) is 6.04 Å². The van der Waals surface area contributed by atoms with E-state index in [9.17, 15) is 26.4 Å². The van der Waals surface area contributed by atoms with Crippen molar-refractivity contribution in [1.82, 2.24) is 9.44 Å². The Kier molecular flexibility index (Phi) is 4.82. The molecule has 0 fully saturated rings. The predicted molar refractivity (Wildman–Crippen MR) is 79.1 cm³/mol. The van der Waals surface area contributed by atoms with Gasteiger partial charge in [-0.2, -0.15) is 13.1 Å². The fourth-order valence-electron chi connectivity index (χ4n) is 2.38. The average molecular weight is 366 g/mol. The fourth-order valence-corrected chi connectivity index (χ4v) is 3.30. The average Bonchev–Trinajstić information content (AvgIpc) is 2.69. The molecular weight excluding hydrogens is 349 g/mol. The lowest BCUT2D eigenvalue weighted by Gasteiger charge is -2.21. The summed E-state index contributed by atoms with van der Waals surface area (Å²) in [5.41, 5.74) is -1.58. The zero-order valence-electron chi connectivity index (χ0n) is 13.2. The molecule has 2 rings (SSSR count). The van der Waals surface area contributed by atoms with Crippen molar-refractivity contribution in [2.45, 2.75) is 45.0 Å². The molecule has 2 unspecified atom stereocenters. The molecule has 1 aliphatic carbocycles. The van der Waals surface area contributed by atoms with Crippen molar-refractivity contribution in [3.05, 3.63) is 34.9 Å². The highest BCUT2D eigenvalue weighted by molar-refractivity contribution is 7.88. The molecule has 2 atom stereocenters. The van der Waals surface area contributed by atoms with Crippen LogP contribution in [0.1, 0.15) is 37.9 Å². The number of nitrogens with one attached hydrogen (secondary N) is 2. The second-order valence-corrected chi connectivity index (χ2v) is 7.79. The highest BCUT2D eigenvalue weighted by Gasteiger charge is 2.40. The summed E-state index contributed by atoms with van der Waals surface area (Å²) in [6.45, 7) is 4.57. The lowest BCUT2D eigenvalue weighted by atomic mass is 10.1. The Bertz CT molecular complexity index is 762. The number of amides is 1. The molecule has 10 heteroatoms. The topological polar surface area (TPSA) is 84.5 Å². The minimum Gasteiger partial charge on any atom is -0.443 e. The second kappa shape index (κ2) is 6.25. The van der Waals surface area contributed by atoms with E-state index in [1.54, 1.807) is 4.72 Å². The standard InChI is InChI=1S/C14H17F3N2O4S/c1-14(2,3)23-13(20)19-24(21,22)18-12-10(17)6-7-8(15)4-5-9(16)11(7)12/h4-5,10,12,18H,6H2,1-3H3,(H,19,20). The van der Waals surface area contributed by atoms with E-state index in [0.29, 0.717) is 0 Å². The van der Waals surface area contributed by atoms with Crippen LogP contribution in [0.5, 0.6) is 0 Å². The number of hydrogen-bond acceptors (Lipinski definition) is 4. The van der Waals surface area contributed by atoms with Gasteiger partial charge in [-0.1, -0.05) is 0 Å². The van der Waals surface area contributed by atoms with Crippen molar-refractivity contribution < 1.29 is 31.1 Å². The van der Waals surface area contributed by atoms with Gasteiger partial charge in [0, 0.05) is 12.0 Å². The maximum Gasteiger partial charge on any atom is 0.422 e. The molecule has 1 amide bonds. The van der Waals surface area contributed by atoms with E-state index in [-0.39, 0.29) is 5.56 Å². The van der Waals surface area contributed by atoms with E-state index in [2.05, 4.69) is 0 Å². The quantitative estimate of drug-likeness (QED) is 0.859. The minimum absolute atomic E-state index is 0.229. The molecular formula is C14H17F3N2O4S. The zero-order chi connectivity index (χ0) is 18.3. The van der Waals surface area contributed by atoms with Crippen LogP contribution in [-0.2, 0) is 21.4 Å². The number of ether oxygens (including phenoxy) is 1. The van der Waals surface area contributed by atoms with Crippen LogP contribution >= 0.6 is 0 Å². The number of hydrogen-bond donors (Lipinski definition) is 2. The van der Waals surface area contributed by atoms with Crippen molar-refractivity contribution in [1.29, 1.82) is 0 Å². The molecule has 0 aliphatic heterocycles. The Hall–Kier alpha value is -1.81. The summed E-state index contributed by atoms with van der Waals surface area (Å²) in [7, 11) is -4.55. The molecule has 2 N–H and O–H groups in total. The Morgan fingerprint density at radius 1 is 1.25 bits per heavy atom. The number of halogens is 3. The van der Waals surface area contributed by atoms with Gasteiger partial charge in [-0.25, -0.2) is 22.7 Å². The Morgan fingerprint density at radius 3 is 2.42 bits per heavy atom. The van der Waals surface area contributed by atoms with E-state index < -0.39 is 57.7 Å². The molecule has 1 aromatic rings. The molecule has 0 radical (unpaired) electrons. The van der Waals surface area contributed by atoms with Crippen molar-refractivity contribution in [2.75, 3.05) is 0 Å². The lowest BCUT2D eigenvalue weighted by Crippen LogP contribution is -2.45. The van der Waals surface area contributed by atoms with Crippen LogP contribution in [0, 0.1) is 11.6 Å². The maximum absolute atomic E-state index is 14.1. The first-order valence-electron chi connectivity index (χ1n) is 7.03. The second-order valence-electron chi connectivity index (χ2n) is 6.34. The van der Waals surface area contributed by atoms with Crippen molar-refractivity contribution in [2.24, 2.45) is 0 Å². The van der Waals surface area contributed by atoms with Crippen LogP contribution in [0.25, 0.3) is 0 Å². The molecule has 0 aromatic heterocycles. The Labute approximate surface area is 137 Å². The number of carbonyl (C=O) groups excluding carboxylic acids is 1. The molecule has 134 valence electrons. The molecule has 24 heavy (non-hydrogen) atoms. The van der Waals surface area contributed by atoms with Gasteiger partial charge in [-0.05, 0) is 38.5 Å². The summed E-state index contributed by atoms with van der Waals surface area (Å²) in [5.74, 6) is -1.76. The van der Waals surface area contributed by atoms with E-state index in [4.69, 9.17) is 4.74 Å². The van der Waals surface area contributed by atoms with Gasteiger partial charge in [0.1, 0.15) is 23.4 Å². The summed E-state index contributed by atoms with van der Waals surface area (Å²) >= 11 is 0. The third-order valence-corrected chi connectivity index (χ3v) is 4.22. The fraction of sp³-hybridized carbons (Fsp3) is 0.500. The van der Waals surface area contributed by atoms with Crippen LogP contribution in [0.4, 0.5) is 18.0 Å². The van der Waals surface area contributed by atoms with Crippen LogP contribution in [0.3, 0.4) is 0 Å². The number of carbonyl (C=O) groups is 1. The largest absolute Gasteiger partial charge is 0.443 e. The Balaban J connectivity index is 2.20. The number of rotatable bonds is 3. The van der Waals surface area contributed by atoms with Gasteiger partial charge in [-0.15, -0.1) is 0 Å². The van der Waals surface area contributed by atoms with Gasteiger partial charge in [-0.3, -0.25) is 0 Å². The summed E-state index contributed by atoms with van der Waals surface area (Å²) < 4.78 is 73.6. The smallest absolute Gasteiger partial charge is 0.422 e. The van der Waals surface area contributed by atoms with Crippen molar-refractivity contribution in [3.8, 4) is 0 Å². The van der Waals surface area contributed by atoms with Crippen LogP contribution in [0.2, 0.25) is 0 Å². The maximum atomic E-state index is 14.1. The first kappa shape index (κ1) is 18.5. The number of fused-ring (bicyclic) bond motifs is 1.